The van der Waals surface area contributed by atoms with Gasteiger partial charge >= 0.3 is 0 Å². The Bertz CT molecular complexity index is 887. The van der Waals surface area contributed by atoms with E-state index in [9.17, 15) is 4.79 Å². The molecule has 0 aromatic heterocycles. The highest BCUT2D eigenvalue weighted by atomic mass is 35.5. The van der Waals surface area contributed by atoms with Gasteiger partial charge in [0.1, 0.15) is 0 Å². The average Bonchev–Trinajstić information content (AvgIpc) is 2.69. The van der Waals surface area contributed by atoms with Crippen molar-refractivity contribution < 1.29 is 4.79 Å². The number of nitrogens with one attached hydrogen (secondary N) is 1. The minimum atomic E-state index is -0.155. The zero-order chi connectivity index (χ0) is 19.2. The summed E-state index contributed by atoms with van der Waals surface area (Å²) in [6, 6.07) is 22.7. The summed E-state index contributed by atoms with van der Waals surface area (Å²) in [6.45, 7) is 2.13. The van der Waals surface area contributed by atoms with Crippen LogP contribution >= 0.6 is 23.2 Å². The molecule has 1 N–H and O–H groups in total. The van der Waals surface area contributed by atoms with Crippen LogP contribution in [0, 0.1) is 0 Å². The lowest BCUT2D eigenvalue weighted by Gasteiger charge is -2.20. The van der Waals surface area contributed by atoms with Gasteiger partial charge in [0.25, 0.3) is 0 Å². The molecule has 27 heavy (non-hydrogen) atoms. The Hall–Kier alpha value is -2.29. The molecule has 1 unspecified atom stereocenters. The maximum Gasteiger partial charge on any atom is 0.165 e. The Morgan fingerprint density at radius 2 is 1.41 bits per heavy atom. The molecule has 1 atom stereocenters. The summed E-state index contributed by atoms with van der Waals surface area (Å²) >= 11 is 12.0. The average molecular weight is 398 g/mol. The van der Waals surface area contributed by atoms with E-state index in [1.54, 1.807) is 24.3 Å². The monoisotopic (exact) mass is 397 g/mol. The summed E-state index contributed by atoms with van der Waals surface area (Å²) in [6.07, 6.45) is 1.33. The summed E-state index contributed by atoms with van der Waals surface area (Å²) in [5.41, 5.74) is 3.93. The van der Waals surface area contributed by atoms with Crippen molar-refractivity contribution in [2.45, 2.75) is 25.8 Å². The molecule has 0 fully saturated rings. The van der Waals surface area contributed by atoms with Gasteiger partial charge in [-0.3, -0.25) is 4.79 Å². The van der Waals surface area contributed by atoms with Crippen LogP contribution in [0.4, 0.5) is 5.69 Å². The lowest BCUT2D eigenvalue weighted by molar-refractivity contribution is 0.0976. The van der Waals surface area contributed by atoms with Crippen LogP contribution in [0.5, 0.6) is 0 Å². The van der Waals surface area contributed by atoms with Gasteiger partial charge in [0.2, 0.25) is 0 Å². The first kappa shape index (κ1) is 19.5. The molecule has 0 aliphatic heterocycles. The lowest BCUT2D eigenvalue weighted by atomic mass is 9.97. The maximum atomic E-state index is 12.8. The molecule has 3 aromatic rings. The van der Waals surface area contributed by atoms with Gasteiger partial charge in [-0.1, -0.05) is 54.4 Å². The first-order chi connectivity index (χ1) is 13.0. The number of carbonyl (C=O) groups excluding carboxylic acids is 1. The number of halogens is 2. The van der Waals surface area contributed by atoms with Crippen molar-refractivity contribution in [1.29, 1.82) is 0 Å². The summed E-state index contributed by atoms with van der Waals surface area (Å²) in [7, 11) is 0. The van der Waals surface area contributed by atoms with Crippen LogP contribution in [0.1, 0.15) is 40.9 Å². The van der Waals surface area contributed by atoms with Crippen LogP contribution < -0.4 is 5.32 Å². The Kier molecular flexibility index (Phi) is 6.54. The Morgan fingerprint density at radius 1 is 0.852 bits per heavy atom. The van der Waals surface area contributed by atoms with Gasteiger partial charge in [0, 0.05) is 27.7 Å². The van der Waals surface area contributed by atoms with Crippen molar-refractivity contribution in [3.63, 3.8) is 0 Å². The third-order valence-corrected chi connectivity index (χ3v) is 5.04. The molecule has 0 aliphatic carbocycles. The molecule has 0 bridgehead atoms. The second-order valence-electron chi connectivity index (χ2n) is 6.43. The summed E-state index contributed by atoms with van der Waals surface area (Å²) in [5.74, 6) is 0.0595. The van der Waals surface area contributed by atoms with Crippen molar-refractivity contribution in [1.82, 2.24) is 0 Å². The fraction of sp³-hybridized carbons (Fsp3) is 0.174. The normalized spacial score (nSPS) is 11.8. The van der Waals surface area contributed by atoms with Gasteiger partial charge in [-0.05, 0) is 66.1 Å². The van der Waals surface area contributed by atoms with E-state index in [0.29, 0.717) is 22.0 Å². The van der Waals surface area contributed by atoms with Crippen LogP contribution in [-0.2, 0) is 6.42 Å². The molecule has 4 heteroatoms. The summed E-state index contributed by atoms with van der Waals surface area (Å²) in [4.78, 5) is 12.8. The Labute approximate surface area is 170 Å². The largest absolute Gasteiger partial charge is 0.378 e. The van der Waals surface area contributed by atoms with Gasteiger partial charge < -0.3 is 5.32 Å². The number of Topliss-reactive ketones (excluding diaryl/α,β-unsaturated/α-hetero) is 1. The van der Waals surface area contributed by atoms with E-state index in [1.165, 1.54) is 5.56 Å². The minimum Gasteiger partial charge on any atom is -0.378 e. The van der Waals surface area contributed by atoms with Crippen LogP contribution in [0.15, 0.2) is 72.8 Å². The molecular formula is C23H21Cl2NO. The molecule has 0 saturated carbocycles. The second-order valence-corrected chi connectivity index (χ2v) is 7.31. The van der Waals surface area contributed by atoms with Gasteiger partial charge in [-0.2, -0.15) is 0 Å². The zero-order valence-electron chi connectivity index (χ0n) is 15.1. The standard InChI is InChI=1S/C23H21Cl2NO/c1-2-16-3-13-21(14-4-16)26-22(17-5-9-19(24)10-6-17)15-23(27)18-7-11-20(25)12-8-18/h3-14,22,26H,2,15H2,1H3. The molecular weight excluding hydrogens is 377 g/mol. The zero-order valence-corrected chi connectivity index (χ0v) is 16.6. The van der Waals surface area contributed by atoms with Crippen molar-refractivity contribution >= 4 is 34.7 Å². The number of rotatable bonds is 7. The molecule has 0 radical (unpaired) electrons. The summed E-state index contributed by atoms with van der Waals surface area (Å²) < 4.78 is 0. The Balaban J connectivity index is 1.83. The molecule has 0 spiro atoms. The molecule has 3 rings (SSSR count). The second kappa shape index (κ2) is 9.07. The van der Waals surface area contributed by atoms with Crippen molar-refractivity contribution in [2.24, 2.45) is 0 Å². The number of anilines is 1. The van der Waals surface area contributed by atoms with Crippen LogP contribution in [0.2, 0.25) is 10.0 Å². The number of ketones is 1. The molecule has 2 nitrogen and oxygen atoms in total. The highest BCUT2D eigenvalue weighted by Crippen LogP contribution is 2.26. The van der Waals surface area contributed by atoms with Gasteiger partial charge in [-0.25, -0.2) is 0 Å². The molecule has 3 aromatic carbocycles. The third-order valence-electron chi connectivity index (χ3n) is 4.53. The summed E-state index contributed by atoms with van der Waals surface area (Å²) in [5, 5.41) is 4.78. The number of carbonyl (C=O) groups is 1. The first-order valence-corrected chi connectivity index (χ1v) is 9.70. The molecule has 0 aliphatic rings. The quantitative estimate of drug-likeness (QED) is 0.435. The van der Waals surface area contributed by atoms with Gasteiger partial charge in [-0.15, -0.1) is 0 Å². The smallest absolute Gasteiger partial charge is 0.165 e. The molecule has 0 saturated heterocycles. The molecule has 0 amide bonds. The van der Waals surface area contributed by atoms with E-state index in [2.05, 4.69) is 36.5 Å². The number of benzene rings is 3. The van der Waals surface area contributed by atoms with Crippen molar-refractivity contribution in [3.8, 4) is 0 Å². The fourth-order valence-corrected chi connectivity index (χ4v) is 3.18. The predicted octanol–water partition coefficient (Wildman–Crippen LogP) is 6.98. The SMILES string of the molecule is CCc1ccc(NC(CC(=O)c2ccc(Cl)cc2)c2ccc(Cl)cc2)cc1. The van der Waals surface area contributed by atoms with E-state index >= 15 is 0 Å². The third kappa shape index (κ3) is 5.35. The van der Waals surface area contributed by atoms with Crippen molar-refractivity contribution in [2.75, 3.05) is 5.32 Å². The Morgan fingerprint density at radius 3 is 1.96 bits per heavy atom. The van der Waals surface area contributed by atoms with Crippen LogP contribution in [0.3, 0.4) is 0 Å². The van der Waals surface area contributed by atoms with E-state index in [4.69, 9.17) is 23.2 Å². The number of hydrogen-bond donors (Lipinski definition) is 1. The first-order valence-electron chi connectivity index (χ1n) is 8.95. The highest BCUT2D eigenvalue weighted by molar-refractivity contribution is 6.30. The number of hydrogen-bond acceptors (Lipinski definition) is 2. The van der Waals surface area contributed by atoms with E-state index in [0.717, 1.165) is 17.7 Å². The van der Waals surface area contributed by atoms with E-state index in [1.807, 2.05) is 24.3 Å². The predicted molar refractivity (Wildman–Crippen MR) is 114 cm³/mol. The van der Waals surface area contributed by atoms with Gasteiger partial charge in [0.15, 0.2) is 5.78 Å². The highest BCUT2D eigenvalue weighted by Gasteiger charge is 2.17. The lowest BCUT2D eigenvalue weighted by Crippen LogP contribution is -2.16. The van der Waals surface area contributed by atoms with Gasteiger partial charge in [0.05, 0.1) is 6.04 Å². The van der Waals surface area contributed by atoms with E-state index < -0.39 is 0 Å². The minimum absolute atomic E-state index is 0.0595. The topological polar surface area (TPSA) is 29.1 Å². The molecule has 138 valence electrons. The van der Waals surface area contributed by atoms with E-state index in [-0.39, 0.29) is 11.8 Å². The van der Waals surface area contributed by atoms with Crippen molar-refractivity contribution in [3.05, 3.63) is 99.5 Å². The fourth-order valence-electron chi connectivity index (χ4n) is 2.92. The molecule has 0 heterocycles. The number of aryl methyl sites for hydroxylation is 1. The van der Waals surface area contributed by atoms with Crippen LogP contribution in [0.25, 0.3) is 0 Å². The maximum absolute atomic E-state index is 12.8. The van der Waals surface area contributed by atoms with Crippen LogP contribution in [-0.4, -0.2) is 5.78 Å².